The first-order valence-corrected chi connectivity index (χ1v) is 10.2. The monoisotopic (exact) mass is 372 g/mol. The van der Waals surface area contributed by atoms with Gasteiger partial charge in [0.05, 0.1) is 12.6 Å². The SMILES string of the molecule is CCCCNC(=O)CN1CCN([C@@H](C)C(=O)N2CCc3ccccc32)CC1. The molecule has 6 heteroatoms. The predicted octanol–water partition coefficient (Wildman–Crippen LogP) is 1.50. The number of rotatable bonds is 7. The number of hydrogen-bond donors (Lipinski definition) is 1. The minimum absolute atomic E-state index is 0.106. The number of carbonyl (C=O) groups is 2. The topological polar surface area (TPSA) is 55.9 Å². The van der Waals surface area contributed by atoms with Crippen LogP contribution in [0.1, 0.15) is 32.3 Å². The molecule has 1 aromatic carbocycles. The third-order valence-corrected chi connectivity index (χ3v) is 5.68. The zero-order valence-electron chi connectivity index (χ0n) is 16.6. The Balaban J connectivity index is 1.47. The van der Waals surface area contributed by atoms with Crippen molar-refractivity contribution in [3.05, 3.63) is 29.8 Å². The Morgan fingerprint density at radius 3 is 2.59 bits per heavy atom. The molecule has 148 valence electrons. The lowest BCUT2D eigenvalue weighted by molar-refractivity contribution is -0.126. The van der Waals surface area contributed by atoms with Gasteiger partial charge < -0.3 is 10.2 Å². The van der Waals surface area contributed by atoms with Crippen LogP contribution in [-0.2, 0) is 16.0 Å². The number of benzene rings is 1. The van der Waals surface area contributed by atoms with E-state index in [2.05, 4.69) is 28.1 Å². The minimum Gasteiger partial charge on any atom is -0.355 e. The van der Waals surface area contributed by atoms with Crippen LogP contribution in [0.2, 0.25) is 0 Å². The van der Waals surface area contributed by atoms with Crippen molar-refractivity contribution in [3.8, 4) is 0 Å². The lowest BCUT2D eigenvalue weighted by Crippen LogP contribution is -2.55. The number of anilines is 1. The standard InChI is InChI=1S/C21H32N4O2/c1-3-4-10-22-20(26)16-23-12-14-24(15-13-23)17(2)21(27)25-11-9-18-7-5-6-8-19(18)25/h5-8,17H,3-4,9-16H2,1-2H3,(H,22,26)/t17-/m0/s1. The quantitative estimate of drug-likeness (QED) is 0.737. The molecule has 1 aromatic rings. The van der Waals surface area contributed by atoms with Gasteiger partial charge in [-0.3, -0.25) is 19.4 Å². The molecule has 1 saturated heterocycles. The van der Waals surface area contributed by atoms with Crippen molar-refractivity contribution >= 4 is 17.5 Å². The number of nitrogens with one attached hydrogen (secondary N) is 1. The van der Waals surface area contributed by atoms with Crippen LogP contribution in [-0.4, -0.2) is 73.5 Å². The van der Waals surface area contributed by atoms with Gasteiger partial charge in [-0.1, -0.05) is 31.5 Å². The Morgan fingerprint density at radius 2 is 1.85 bits per heavy atom. The average molecular weight is 373 g/mol. The summed E-state index contributed by atoms with van der Waals surface area (Å²) < 4.78 is 0. The van der Waals surface area contributed by atoms with Crippen molar-refractivity contribution in [2.75, 3.05) is 50.7 Å². The number of nitrogens with zero attached hydrogens (tertiary/aromatic N) is 3. The lowest BCUT2D eigenvalue weighted by atomic mass is 10.1. The molecule has 0 aromatic heterocycles. The van der Waals surface area contributed by atoms with Crippen molar-refractivity contribution in [1.82, 2.24) is 15.1 Å². The molecule has 2 aliphatic rings. The number of fused-ring (bicyclic) bond motifs is 1. The van der Waals surface area contributed by atoms with Crippen molar-refractivity contribution in [2.24, 2.45) is 0 Å². The van der Waals surface area contributed by atoms with E-state index in [4.69, 9.17) is 0 Å². The van der Waals surface area contributed by atoms with Crippen molar-refractivity contribution < 1.29 is 9.59 Å². The van der Waals surface area contributed by atoms with E-state index in [1.807, 2.05) is 30.0 Å². The maximum absolute atomic E-state index is 13.0. The zero-order chi connectivity index (χ0) is 19.2. The minimum atomic E-state index is -0.128. The molecule has 0 bridgehead atoms. The summed E-state index contributed by atoms with van der Waals surface area (Å²) in [6, 6.07) is 8.06. The molecule has 0 aliphatic carbocycles. The summed E-state index contributed by atoms with van der Waals surface area (Å²) in [4.78, 5) is 31.4. The molecule has 3 rings (SSSR count). The summed E-state index contributed by atoms with van der Waals surface area (Å²) in [5, 5.41) is 2.97. The molecule has 1 N–H and O–H groups in total. The summed E-state index contributed by atoms with van der Waals surface area (Å²) >= 11 is 0. The summed E-state index contributed by atoms with van der Waals surface area (Å²) in [6.07, 6.45) is 3.06. The largest absolute Gasteiger partial charge is 0.355 e. The van der Waals surface area contributed by atoms with E-state index in [9.17, 15) is 9.59 Å². The first-order valence-electron chi connectivity index (χ1n) is 10.2. The highest BCUT2D eigenvalue weighted by Crippen LogP contribution is 2.28. The number of unbranched alkanes of at least 4 members (excludes halogenated alkanes) is 1. The molecular formula is C21H32N4O2. The van der Waals surface area contributed by atoms with Crippen LogP contribution in [0, 0.1) is 0 Å². The van der Waals surface area contributed by atoms with Gasteiger partial charge in [0, 0.05) is 45.0 Å². The van der Waals surface area contributed by atoms with E-state index in [0.717, 1.165) is 64.2 Å². The van der Waals surface area contributed by atoms with Crippen LogP contribution in [0.5, 0.6) is 0 Å². The van der Waals surface area contributed by atoms with E-state index in [1.165, 1.54) is 5.56 Å². The molecule has 0 saturated carbocycles. The molecular weight excluding hydrogens is 340 g/mol. The van der Waals surface area contributed by atoms with Gasteiger partial charge in [-0.25, -0.2) is 0 Å². The van der Waals surface area contributed by atoms with Crippen LogP contribution in [0.3, 0.4) is 0 Å². The Bertz CT molecular complexity index is 655. The van der Waals surface area contributed by atoms with Gasteiger partial charge in [-0.15, -0.1) is 0 Å². The first-order chi connectivity index (χ1) is 13.1. The van der Waals surface area contributed by atoms with E-state index >= 15 is 0 Å². The second-order valence-electron chi connectivity index (χ2n) is 7.56. The normalized spacial score (nSPS) is 19.0. The highest BCUT2D eigenvalue weighted by atomic mass is 16.2. The molecule has 0 radical (unpaired) electrons. The van der Waals surface area contributed by atoms with Crippen LogP contribution in [0.4, 0.5) is 5.69 Å². The Morgan fingerprint density at radius 1 is 1.11 bits per heavy atom. The third-order valence-electron chi connectivity index (χ3n) is 5.68. The van der Waals surface area contributed by atoms with Gasteiger partial charge >= 0.3 is 0 Å². The maximum Gasteiger partial charge on any atom is 0.244 e. The summed E-state index contributed by atoms with van der Waals surface area (Å²) in [7, 11) is 0. The van der Waals surface area contributed by atoms with Gasteiger partial charge in [-0.2, -0.15) is 0 Å². The maximum atomic E-state index is 13.0. The van der Waals surface area contributed by atoms with Gasteiger partial charge in [0.1, 0.15) is 0 Å². The van der Waals surface area contributed by atoms with Crippen LogP contribution in [0.25, 0.3) is 0 Å². The summed E-state index contributed by atoms with van der Waals surface area (Å²) in [6.45, 7) is 9.43. The Hall–Kier alpha value is -1.92. The highest BCUT2D eigenvalue weighted by molar-refractivity contribution is 5.98. The number of carbonyl (C=O) groups excluding carboxylic acids is 2. The van der Waals surface area contributed by atoms with Gasteiger partial charge in [0.2, 0.25) is 11.8 Å². The predicted molar refractivity (Wildman–Crippen MR) is 108 cm³/mol. The van der Waals surface area contributed by atoms with Crippen molar-refractivity contribution in [1.29, 1.82) is 0 Å². The summed E-state index contributed by atoms with van der Waals surface area (Å²) in [5.74, 6) is 0.292. The average Bonchev–Trinajstić information content (AvgIpc) is 3.12. The van der Waals surface area contributed by atoms with Gasteiger partial charge in [0.15, 0.2) is 0 Å². The molecule has 0 unspecified atom stereocenters. The Labute approximate surface area is 162 Å². The molecule has 27 heavy (non-hydrogen) atoms. The van der Waals surface area contributed by atoms with E-state index in [-0.39, 0.29) is 17.9 Å². The van der Waals surface area contributed by atoms with Crippen LogP contribution >= 0.6 is 0 Å². The molecule has 2 aliphatic heterocycles. The van der Waals surface area contributed by atoms with E-state index in [0.29, 0.717) is 6.54 Å². The molecule has 0 spiro atoms. The Kier molecular flexibility index (Phi) is 6.85. The molecule has 6 nitrogen and oxygen atoms in total. The van der Waals surface area contributed by atoms with E-state index in [1.54, 1.807) is 0 Å². The number of piperazine rings is 1. The highest BCUT2D eigenvalue weighted by Gasteiger charge is 2.32. The van der Waals surface area contributed by atoms with Crippen molar-refractivity contribution in [3.63, 3.8) is 0 Å². The second kappa shape index (κ2) is 9.33. The van der Waals surface area contributed by atoms with E-state index < -0.39 is 0 Å². The second-order valence-corrected chi connectivity index (χ2v) is 7.56. The van der Waals surface area contributed by atoms with Crippen LogP contribution < -0.4 is 10.2 Å². The fourth-order valence-electron chi connectivity index (χ4n) is 3.92. The first kappa shape index (κ1) is 19.8. The molecule has 2 amide bonds. The summed E-state index contributed by atoms with van der Waals surface area (Å²) in [5.41, 5.74) is 2.33. The number of para-hydroxylation sites is 1. The number of hydrogen-bond acceptors (Lipinski definition) is 4. The van der Waals surface area contributed by atoms with Crippen LogP contribution in [0.15, 0.2) is 24.3 Å². The number of amides is 2. The smallest absolute Gasteiger partial charge is 0.244 e. The molecule has 2 heterocycles. The third kappa shape index (κ3) is 4.87. The molecule has 1 atom stereocenters. The lowest BCUT2D eigenvalue weighted by Gasteiger charge is -2.38. The van der Waals surface area contributed by atoms with Crippen molar-refractivity contribution in [2.45, 2.75) is 39.2 Å². The zero-order valence-corrected chi connectivity index (χ0v) is 16.6. The molecule has 1 fully saturated rings. The van der Waals surface area contributed by atoms with Gasteiger partial charge in [0.25, 0.3) is 0 Å². The fourth-order valence-corrected chi connectivity index (χ4v) is 3.92. The fraction of sp³-hybridized carbons (Fsp3) is 0.619. The van der Waals surface area contributed by atoms with Gasteiger partial charge in [-0.05, 0) is 31.4 Å².